The van der Waals surface area contributed by atoms with Crippen molar-refractivity contribution in [3.63, 3.8) is 0 Å². The first kappa shape index (κ1) is 14.9. The highest BCUT2D eigenvalue weighted by Gasteiger charge is 2.03. The Hall–Kier alpha value is -1.11. The molecule has 2 N–H and O–H groups in total. The lowest BCUT2D eigenvalue weighted by molar-refractivity contribution is 0.0691. The van der Waals surface area contributed by atoms with Crippen LogP contribution in [-0.4, -0.2) is 43.4 Å². The highest BCUT2D eigenvalue weighted by molar-refractivity contribution is 6.32. The molecule has 18 heavy (non-hydrogen) atoms. The molecule has 1 aromatic rings. The van der Waals surface area contributed by atoms with E-state index >= 15 is 0 Å². The van der Waals surface area contributed by atoms with Crippen LogP contribution < -0.4 is 10.9 Å². The van der Waals surface area contributed by atoms with Crippen molar-refractivity contribution in [2.75, 3.05) is 38.8 Å². The lowest BCUT2D eigenvalue weighted by Gasteiger charge is -2.06. The van der Waals surface area contributed by atoms with Gasteiger partial charge in [-0.3, -0.25) is 4.79 Å². The molecule has 0 aliphatic heterocycles. The lowest BCUT2D eigenvalue weighted by Crippen LogP contribution is -2.13. The van der Waals surface area contributed by atoms with Gasteiger partial charge in [-0.1, -0.05) is 11.6 Å². The number of H-pyrrole nitrogens is 1. The van der Waals surface area contributed by atoms with Crippen LogP contribution in [0, 0.1) is 0 Å². The highest BCUT2D eigenvalue weighted by Crippen LogP contribution is 2.11. The number of aromatic nitrogens is 2. The van der Waals surface area contributed by atoms with E-state index < -0.39 is 0 Å². The highest BCUT2D eigenvalue weighted by atomic mass is 35.5. The van der Waals surface area contributed by atoms with E-state index in [2.05, 4.69) is 15.3 Å². The number of methoxy groups -OCH3 is 1. The topological polar surface area (TPSA) is 76.2 Å². The maximum atomic E-state index is 11.2. The molecule has 6 nitrogen and oxygen atoms in total. The van der Waals surface area contributed by atoms with Crippen LogP contribution >= 0.6 is 11.6 Å². The van der Waals surface area contributed by atoms with E-state index in [9.17, 15) is 4.79 Å². The molecule has 1 heterocycles. The van der Waals surface area contributed by atoms with Crippen molar-refractivity contribution in [3.8, 4) is 0 Å². The number of hydrogen-bond acceptors (Lipinski definition) is 5. The predicted octanol–water partition coefficient (Wildman–Crippen LogP) is 1.28. The number of hydrogen-bond donors (Lipinski definition) is 2. The summed E-state index contributed by atoms with van der Waals surface area (Å²) in [5, 5.41) is 3.10. The summed E-state index contributed by atoms with van der Waals surface area (Å²) in [6.07, 6.45) is 3.17. The van der Waals surface area contributed by atoms with Crippen LogP contribution in [0.4, 0.5) is 5.82 Å². The van der Waals surface area contributed by atoms with Crippen molar-refractivity contribution in [1.82, 2.24) is 9.97 Å². The number of anilines is 1. The van der Waals surface area contributed by atoms with Gasteiger partial charge in [-0.25, -0.2) is 4.98 Å². The first-order chi connectivity index (χ1) is 8.75. The number of rotatable bonds is 9. The van der Waals surface area contributed by atoms with Gasteiger partial charge in [-0.15, -0.1) is 0 Å². The molecule has 0 unspecified atom stereocenters. The van der Waals surface area contributed by atoms with E-state index in [0.29, 0.717) is 32.2 Å². The monoisotopic (exact) mass is 275 g/mol. The smallest absolute Gasteiger partial charge is 0.271 e. The number of nitrogens with one attached hydrogen (secondary N) is 2. The van der Waals surface area contributed by atoms with Crippen LogP contribution in [0.5, 0.6) is 0 Å². The zero-order valence-corrected chi connectivity index (χ0v) is 11.1. The zero-order valence-electron chi connectivity index (χ0n) is 10.4. The molecular weight excluding hydrogens is 258 g/mol. The Morgan fingerprint density at radius 3 is 3.00 bits per heavy atom. The predicted molar refractivity (Wildman–Crippen MR) is 70.3 cm³/mol. The van der Waals surface area contributed by atoms with Gasteiger partial charge in [-0.2, -0.15) is 0 Å². The minimum absolute atomic E-state index is 0.0915. The van der Waals surface area contributed by atoms with Gasteiger partial charge in [0.15, 0.2) is 5.82 Å². The van der Waals surface area contributed by atoms with Crippen LogP contribution in [0.15, 0.2) is 11.1 Å². The van der Waals surface area contributed by atoms with Gasteiger partial charge in [0.25, 0.3) is 5.56 Å². The minimum atomic E-state index is -0.336. The third kappa shape index (κ3) is 5.48. The maximum absolute atomic E-state index is 11.2. The molecule has 0 radical (unpaired) electrons. The van der Waals surface area contributed by atoms with Gasteiger partial charge < -0.3 is 19.8 Å². The van der Waals surface area contributed by atoms with E-state index in [1.807, 2.05) is 0 Å². The Morgan fingerprint density at radius 1 is 1.39 bits per heavy atom. The van der Waals surface area contributed by atoms with Gasteiger partial charge in [-0.05, 0) is 12.8 Å². The van der Waals surface area contributed by atoms with E-state index in [1.165, 1.54) is 6.33 Å². The Kier molecular flexibility index (Phi) is 7.40. The van der Waals surface area contributed by atoms with Crippen molar-refractivity contribution in [3.05, 3.63) is 21.7 Å². The summed E-state index contributed by atoms with van der Waals surface area (Å²) < 4.78 is 10.2. The van der Waals surface area contributed by atoms with Crippen molar-refractivity contribution < 1.29 is 9.47 Å². The molecule has 0 amide bonds. The summed E-state index contributed by atoms with van der Waals surface area (Å²) in [6.45, 7) is 2.63. The molecule has 0 aliphatic rings. The fourth-order valence-corrected chi connectivity index (χ4v) is 1.46. The second-order valence-electron chi connectivity index (χ2n) is 3.63. The van der Waals surface area contributed by atoms with Crippen LogP contribution in [0.3, 0.4) is 0 Å². The van der Waals surface area contributed by atoms with Gasteiger partial charge in [0.1, 0.15) is 5.02 Å². The first-order valence-corrected chi connectivity index (χ1v) is 6.17. The van der Waals surface area contributed by atoms with Crippen molar-refractivity contribution >= 4 is 17.4 Å². The van der Waals surface area contributed by atoms with Crippen molar-refractivity contribution in [1.29, 1.82) is 0 Å². The zero-order chi connectivity index (χ0) is 13.2. The van der Waals surface area contributed by atoms with E-state index in [0.717, 1.165) is 12.8 Å². The summed E-state index contributed by atoms with van der Waals surface area (Å²) in [5.41, 5.74) is -0.336. The quantitative estimate of drug-likeness (QED) is 0.664. The first-order valence-electron chi connectivity index (χ1n) is 5.79. The van der Waals surface area contributed by atoms with Gasteiger partial charge in [0.2, 0.25) is 0 Å². The standard InChI is InChI=1S/C11H18ClN3O3/c1-17-6-7-18-5-3-2-4-13-10-9(12)11(16)15-8-14-10/h8H,2-7H2,1H3,(H2,13,14,15,16). The average molecular weight is 276 g/mol. The molecule has 0 aromatic carbocycles. The summed E-state index contributed by atoms with van der Waals surface area (Å²) >= 11 is 5.78. The molecule has 1 rings (SSSR count). The normalized spacial score (nSPS) is 10.6. The van der Waals surface area contributed by atoms with Gasteiger partial charge in [0.05, 0.1) is 19.5 Å². The van der Waals surface area contributed by atoms with E-state index in [1.54, 1.807) is 7.11 Å². The third-order valence-electron chi connectivity index (χ3n) is 2.24. The Morgan fingerprint density at radius 2 is 2.22 bits per heavy atom. The molecule has 0 spiro atoms. The molecule has 1 aromatic heterocycles. The van der Waals surface area contributed by atoms with Crippen molar-refractivity contribution in [2.45, 2.75) is 12.8 Å². The molecule has 0 saturated heterocycles. The Labute approximate surface area is 111 Å². The number of nitrogens with zero attached hydrogens (tertiary/aromatic N) is 1. The molecule has 0 bridgehead atoms. The minimum Gasteiger partial charge on any atom is -0.382 e. The molecule has 0 atom stereocenters. The molecule has 0 saturated carbocycles. The summed E-state index contributed by atoms with van der Waals surface area (Å²) in [6, 6.07) is 0. The summed E-state index contributed by atoms with van der Waals surface area (Å²) in [4.78, 5) is 17.5. The number of ether oxygens (including phenoxy) is 2. The van der Waals surface area contributed by atoms with Gasteiger partial charge >= 0.3 is 0 Å². The average Bonchev–Trinajstić information content (AvgIpc) is 2.37. The lowest BCUT2D eigenvalue weighted by atomic mass is 10.3. The largest absolute Gasteiger partial charge is 0.382 e. The number of aromatic amines is 1. The van der Waals surface area contributed by atoms with Crippen LogP contribution in [0.25, 0.3) is 0 Å². The Balaban J connectivity index is 2.11. The SMILES string of the molecule is COCCOCCCCNc1nc[nH]c(=O)c1Cl. The third-order valence-corrected chi connectivity index (χ3v) is 2.59. The summed E-state index contributed by atoms with van der Waals surface area (Å²) in [5.74, 6) is 0.417. The van der Waals surface area contributed by atoms with E-state index in [-0.39, 0.29) is 10.6 Å². The second kappa shape index (κ2) is 8.91. The summed E-state index contributed by atoms with van der Waals surface area (Å²) in [7, 11) is 1.64. The van der Waals surface area contributed by atoms with Crippen LogP contribution in [0.2, 0.25) is 5.02 Å². The fourth-order valence-electron chi connectivity index (χ4n) is 1.29. The Bertz CT molecular complexity index is 397. The number of halogens is 1. The fraction of sp³-hybridized carbons (Fsp3) is 0.636. The molecule has 0 aliphatic carbocycles. The molecular formula is C11H18ClN3O3. The number of unbranched alkanes of at least 4 members (excludes halogenated alkanes) is 1. The van der Waals surface area contributed by atoms with E-state index in [4.69, 9.17) is 21.1 Å². The molecule has 102 valence electrons. The van der Waals surface area contributed by atoms with Gasteiger partial charge in [0, 0.05) is 20.3 Å². The second-order valence-corrected chi connectivity index (χ2v) is 4.01. The maximum Gasteiger partial charge on any atom is 0.271 e. The van der Waals surface area contributed by atoms with Crippen LogP contribution in [0.1, 0.15) is 12.8 Å². The van der Waals surface area contributed by atoms with Crippen LogP contribution in [-0.2, 0) is 9.47 Å². The molecule has 7 heteroatoms. The van der Waals surface area contributed by atoms with Crippen molar-refractivity contribution in [2.24, 2.45) is 0 Å². The molecule has 0 fully saturated rings.